The second-order valence-corrected chi connectivity index (χ2v) is 5.43. The fraction of sp³-hybridized carbons (Fsp3) is 0.278. The third-order valence-electron chi connectivity index (χ3n) is 3.42. The topological polar surface area (TPSA) is 42.2 Å². The number of methoxy groups -OCH3 is 1. The first-order chi connectivity index (χ1) is 10.6. The lowest BCUT2D eigenvalue weighted by Crippen LogP contribution is -2.05. The fourth-order valence-corrected chi connectivity index (χ4v) is 2.32. The summed E-state index contributed by atoms with van der Waals surface area (Å²) >= 11 is 6.09. The number of rotatable bonds is 6. The summed E-state index contributed by atoms with van der Waals surface area (Å²) in [7, 11) is 1.62. The van der Waals surface area contributed by atoms with Crippen molar-refractivity contribution in [3.63, 3.8) is 0 Å². The highest BCUT2D eigenvalue weighted by Gasteiger charge is 2.11. The van der Waals surface area contributed by atoms with Gasteiger partial charge in [-0.2, -0.15) is 5.26 Å². The van der Waals surface area contributed by atoms with Crippen LogP contribution in [0.15, 0.2) is 42.5 Å². The summed E-state index contributed by atoms with van der Waals surface area (Å²) in [4.78, 5) is 0. The van der Waals surface area contributed by atoms with Crippen molar-refractivity contribution in [1.29, 1.82) is 5.26 Å². The molecule has 1 unspecified atom stereocenters. The second kappa shape index (κ2) is 7.72. The first-order valence-electron chi connectivity index (χ1n) is 7.06. The summed E-state index contributed by atoms with van der Waals surface area (Å²) < 4.78 is 10.8. The van der Waals surface area contributed by atoms with Crippen molar-refractivity contribution in [1.82, 2.24) is 0 Å². The molecule has 0 heterocycles. The quantitative estimate of drug-likeness (QED) is 0.773. The number of benzene rings is 2. The molecule has 3 nitrogen and oxygen atoms in total. The molecule has 0 aliphatic carbocycles. The van der Waals surface area contributed by atoms with Crippen LogP contribution < -0.4 is 9.47 Å². The summed E-state index contributed by atoms with van der Waals surface area (Å²) in [5.74, 6) is 1.23. The van der Waals surface area contributed by atoms with Crippen LogP contribution >= 0.6 is 11.6 Å². The monoisotopic (exact) mass is 315 g/mol. The normalized spacial score (nSPS) is 11.5. The predicted octanol–water partition coefficient (Wildman–Crippen LogP) is 4.73. The van der Waals surface area contributed by atoms with E-state index >= 15 is 0 Å². The van der Waals surface area contributed by atoms with Crippen LogP contribution in [0, 0.1) is 18.3 Å². The maximum atomic E-state index is 9.34. The SMILES string of the molecule is COc1ccc(C(C#N)CCOc2cc(C)ccc2Cl)cc1. The van der Waals surface area contributed by atoms with Crippen LogP contribution in [0.1, 0.15) is 23.5 Å². The maximum absolute atomic E-state index is 9.34. The lowest BCUT2D eigenvalue weighted by molar-refractivity contribution is 0.306. The summed E-state index contributed by atoms with van der Waals surface area (Å²) in [5, 5.41) is 9.93. The third kappa shape index (κ3) is 4.16. The van der Waals surface area contributed by atoms with Gasteiger partial charge < -0.3 is 9.47 Å². The standard InChI is InChI=1S/C18H18ClNO2/c1-13-3-8-17(19)18(11-13)22-10-9-15(12-20)14-4-6-16(21-2)7-5-14/h3-8,11,15H,9-10H2,1-2H3. The van der Waals surface area contributed by atoms with Crippen LogP contribution in [0.4, 0.5) is 0 Å². The zero-order valence-electron chi connectivity index (χ0n) is 12.7. The highest BCUT2D eigenvalue weighted by Crippen LogP contribution is 2.27. The van der Waals surface area contributed by atoms with Crippen molar-refractivity contribution in [2.75, 3.05) is 13.7 Å². The van der Waals surface area contributed by atoms with Crippen molar-refractivity contribution in [2.24, 2.45) is 0 Å². The Morgan fingerprint density at radius 1 is 1.18 bits per heavy atom. The molecule has 1 atom stereocenters. The molecule has 0 saturated carbocycles. The van der Waals surface area contributed by atoms with Gasteiger partial charge in [-0.3, -0.25) is 0 Å². The van der Waals surface area contributed by atoms with Gasteiger partial charge in [0.2, 0.25) is 0 Å². The van der Waals surface area contributed by atoms with Gasteiger partial charge >= 0.3 is 0 Å². The zero-order valence-corrected chi connectivity index (χ0v) is 13.4. The molecule has 0 fully saturated rings. The van der Waals surface area contributed by atoms with E-state index in [0.717, 1.165) is 16.9 Å². The Morgan fingerprint density at radius 3 is 2.55 bits per heavy atom. The van der Waals surface area contributed by atoms with Gasteiger partial charge in [0.15, 0.2) is 0 Å². The Labute approximate surface area is 136 Å². The molecule has 2 aromatic rings. The molecule has 0 N–H and O–H groups in total. The van der Waals surface area contributed by atoms with Crippen molar-refractivity contribution in [3.05, 3.63) is 58.6 Å². The number of nitriles is 1. The predicted molar refractivity (Wildman–Crippen MR) is 87.6 cm³/mol. The summed E-state index contributed by atoms with van der Waals surface area (Å²) in [6.07, 6.45) is 0.604. The molecule has 114 valence electrons. The van der Waals surface area contributed by atoms with Gasteiger partial charge in [0.1, 0.15) is 11.5 Å². The minimum absolute atomic E-state index is 0.213. The van der Waals surface area contributed by atoms with Crippen LogP contribution in [0.3, 0.4) is 0 Å². The molecule has 0 amide bonds. The lowest BCUT2D eigenvalue weighted by atomic mass is 9.97. The molecule has 0 aromatic heterocycles. The first kappa shape index (κ1) is 16.2. The van der Waals surface area contributed by atoms with Crippen LogP contribution in [-0.2, 0) is 0 Å². The Morgan fingerprint density at radius 2 is 1.91 bits per heavy atom. The molecule has 0 spiro atoms. The average Bonchev–Trinajstić information content (AvgIpc) is 2.55. The van der Waals surface area contributed by atoms with E-state index in [9.17, 15) is 5.26 Å². The van der Waals surface area contributed by atoms with Crippen LogP contribution in [0.5, 0.6) is 11.5 Å². The third-order valence-corrected chi connectivity index (χ3v) is 3.74. The van der Waals surface area contributed by atoms with E-state index in [4.69, 9.17) is 21.1 Å². The average molecular weight is 316 g/mol. The molecule has 22 heavy (non-hydrogen) atoms. The summed E-state index contributed by atoms with van der Waals surface area (Å²) in [6.45, 7) is 2.42. The number of hydrogen-bond donors (Lipinski definition) is 0. The van der Waals surface area contributed by atoms with Crippen LogP contribution in [0.2, 0.25) is 5.02 Å². The number of nitrogens with zero attached hydrogens (tertiary/aromatic N) is 1. The summed E-state index contributed by atoms with van der Waals surface area (Å²) in [5.41, 5.74) is 2.05. The summed E-state index contributed by atoms with van der Waals surface area (Å²) in [6, 6.07) is 15.5. The van der Waals surface area contributed by atoms with E-state index in [-0.39, 0.29) is 5.92 Å². The van der Waals surface area contributed by atoms with Crippen LogP contribution in [0.25, 0.3) is 0 Å². The molecule has 2 rings (SSSR count). The van der Waals surface area contributed by atoms with Crippen molar-refractivity contribution < 1.29 is 9.47 Å². The van der Waals surface area contributed by atoms with Gasteiger partial charge in [0.25, 0.3) is 0 Å². The molecule has 0 aliphatic rings. The Kier molecular flexibility index (Phi) is 5.68. The Hall–Kier alpha value is -2.18. The van der Waals surface area contributed by atoms with Crippen molar-refractivity contribution in [3.8, 4) is 17.6 Å². The Balaban J connectivity index is 1.96. The molecule has 0 radical (unpaired) electrons. The largest absolute Gasteiger partial charge is 0.497 e. The minimum Gasteiger partial charge on any atom is -0.497 e. The van der Waals surface area contributed by atoms with Crippen molar-refractivity contribution in [2.45, 2.75) is 19.3 Å². The highest BCUT2D eigenvalue weighted by molar-refractivity contribution is 6.32. The Bertz CT molecular complexity index is 662. The molecular weight excluding hydrogens is 298 g/mol. The van der Waals surface area contributed by atoms with Crippen molar-refractivity contribution >= 4 is 11.6 Å². The van der Waals surface area contributed by atoms with E-state index < -0.39 is 0 Å². The van der Waals surface area contributed by atoms with E-state index in [2.05, 4.69) is 6.07 Å². The minimum atomic E-state index is -0.213. The molecule has 2 aromatic carbocycles. The van der Waals surface area contributed by atoms with E-state index in [0.29, 0.717) is 23.8 Å². The second-order valence-electron chi connectivity index (χ2n) is 5.03. The van der Waals surface area contributed by atoms with E-state index in [1.807, 2.05) is 49.4 Å². The first-order valence-corrected chi connectivity index (χ1v) is 7.44. The van der Waals surface area contributed by atoms with Gasteiger partial charge in [-0.25, -0.2) is 0 Å². The van der Waals surface area contributed by atoms with Gasteiger partial charge in [0, 0.05) is 6.42 Å². The van der Waals surface area contributed by atoms with Gasteiger partial charge in [-0.1, -0.05) is 29.8 Å². The molecule has 0 bridgehead atoms. The number of hydrogen-bond acceptors (Lipinski definition) is 3. The number of ether oxygens (including phenoxy) is 2. The van der Waals surface area contributed by atoms with Gasteiger partial charge in [0.05, 0.1) is 30.7 Å². The number of aryl methyl sites for hydroxylation is 1. The smallest absolute Gasteiger partial charge is 0.138 e. The van der Waals surface area contributed by atoms with E-state index in [1.165, 1.54) is 0 Å². The van der Waals surface area contributed by atoms with E-state index in [1.54, 1.807) is 7.11 Å². The molecule has 0 saturated heterocycles. The highest BCUT2D eigenvalue weighted by atomic mass is 35.5. The van der Waals surface area contributed by atoms with Gasteiger partial charge in [-0.15, -0.1) is 0 Å². The molecule has 4 heteroatoms. The molecule has 0 aliphatic heterocycles. The number of halogens is 1. The van der Waals surface area contributed by atoms with Crippen LogP contribution in [-0.4, -0.2) is 13.7 Å². The zero-order chi connectivity index (χ0) is 15.9. The lowest BCUT2D eigenvalue weighted by Gasteiger charge is -2.12. The van der Waals surface area contributed by atoms with Gasteiger partial charge in [-0.05, 0) is 42.3 Å². The maximum Gasteiger partial charge on any atom is 0.138 e. The fourth-order valence-electron chi connectivity index (χ4n) is 2.15. The molecular formula is C18H18ClNO2.